The highest BCUT2D eigenvalue weighted by Gasteiger charge is 2.51. The number of aromatic nitrogens is 1. The summed E-state index contributed by atoms with van der Waals surface area (Å²) in [4.78, 5) is 78.7. The molecule has 3 atom stereocenters. The molecular formula is C52H59F3N8O8S2. The maximum absolute atomic E-state index is 14.0. The van der Waals surface area contributed by atoms with Crippen LogP contribution >= 0.6 is 23.6 Å². The van der Waals surface area contributed by atoms with Gasteiger partial charge in [-0.2, -0.15) is 18.4 Å². The third-order valence-electron chi connectivity index (χ3n) is 13.2. The van der Waals surface area contributed by atoms with E-state index >= 15 is 0 Å². The smallest absolute Gasteiger partial charge is 0.391 e. The number of alkyl halides is 3. The molecule has 7 rings (SSSR count). The molecular weight excluding hydrogens is 986 g/mol. The van der Waals surface area contributed by atoms with Crippen LogP contribution in [0, 0.1) is 23.7 Å². The van der Waals surface area contributed by atoms with Crippen LogP contribution in [0.25, 0.3) is 10.4 Å². The number of halogens is 3. The molecule has 21 heteroatoms. The molecule has 73 heavy (non-hydrogen) atoms. The summed E-state index contributed by atoms with van der Waals surface area (Å²) in [5, 5.41) is 25.5. The lowest BCUT2D eigenvalue weighted by Crippen LogP contribution is -2.58. The lowest BCUT2D eigenvalue weighted by molar-refractivity contribution is -0.144. The monoisotopic (exact) mass is 1040 g/mol. The Morgan fingerprint density at radius 1 is 1.00 bits per heavy atom. The summed E-state index contributed by atoms with van der Waals surface area (Å²) in [6.45, 7) is 11.9. The number of carbonyl (C=O) groups excluding carboxylic acids is 5. The Hall–Kier alpha value is -6.31. The number of thiazole rings is 1. The van der Waals surface area contributed by atoms with Gasteiger partial charge in [0.2, 0.25) is 17.7 Å². The zero-order chi connectivity index (χ0) is 53.0. The number of rotatable bonds is 16. The summed E-state index contributed by atoms with van der Waals surface area (Å²) in [5.74, 6) is -2.14. The van der Waals surface area contributed by atoms with E-state index in [-0.39, 0.29) is 55.5 Å². The molecule has 4 aromatic rings. The van der Waals surface area contributed by atoms with Crippen LogP contribution in [0.15, 0.2) is 72.2 Å². The summed E-state index contributed by atoms with van der Waals surface area (Å²) < 4.78 is 53.0. The second-order valence-electron chi connectivity index (χ2n) is 19.9. The molecule has 0 spiro atoms. The molecule has 3 aromatic carbocycles. The number of nitrogens with one attached hydrogen (secondary N) is 2. The number of benzene rings is 3. The van der Waals surface area contributed by atoms with E-state index in [0.717, 1.165) is 38.7 Å². The number of carbonyl (C=O) groups is 5. The summed E-state index contributed by atoms with van der Waals surface area (Å²) in [5.41, 5.74) is 1.60. The predicted molar refractivity (Wildman–Crippen MR) is 271 cm³/mol. The average molecular weight is 1050 g/mol. The first-order valence-electron chi connectivity index (χ1n) is 23.9. The van der Waals surface area contributed by atoms with E-state index in [4.69, 9.17) is 21.7 Å². The van der Waals surface area contributed by atoms with E-state index in [1.54, 1.807) is 59.9 Å². The summed E-state index contributed by atoms with van der Waals surface area (Å²) >= 11 is 7.20. The van der Waals surface area contributed by atoms with Crippen molar-refractivity contribution in [2.24, 2.45) is 5.41 Å². The fourth-order valence-electron chi connectivity index (χ4n) is 9.18. The first-order valence-corrected chi connectivity index (χ1v) is 25.2. The highest BCUT2D eigenvalue weighted by molar-refractivity contribution is 7.81. The number of likely N-dealkylation sites (tertiary alicyclic amines) is 2. The van der Waals surface area contributed by atoms with Gasteiger partial charge in [0.15, 0.2) is 5.11 Å². The van der Waals surface area contributed by atoms with Gasteiger partial charge in [0.25, 0.3) is 11.8 Å². The van der Waals surface area contributed by atoms with E-state index in [2.05, 4.69) is 15.6 Å². The Bertz CT molecular complexity index is 2750. The van der Waals surface area contributed by atoms with Crippen LogP contribution < -0.4 is 20.4 Å². The molecule has 0 saturated carbocycles. The molecule has 3 aliphatic rings. The predicted octanol–water partition coefficient (Wildman–Crippen LogP) is 6.76. The van der Waals surface area contributed by atoms with Crippen LogP contribution in [0.1, 0.15) is 93.0 Å². The van der Waals surface area contributed by atoms with Gasteiger partial charge in [-0.15, -0.1) is 11.3 Å². The van der Waals surface area contributed by atoms with Crippen LogP contribution in [0.5, 0.6) is 0 Å². The van der Waals surface area contributed by atoms with Crippen molar-refractivity contribution in [3.05, 3.63) is 100 Å². The van der Waals surface area contributed by atoms with Gasteiger partial charge < -0.3 is 39.9 Å². The Morgan fingerprint density at radius 2 is 1.67 bits per heavy atom. The number of anilines is 2. The minimum absolute atomic E-state index is 0.0464. The Balaban J connectivity index is 0.823. The zero-order valence-electron chi connectivity index (χ0n) is 41.5. The first-order chi connectivity index (χ1) is 34.5. The molecule has 3 saturated heterocycles. The van der Waals surface area contributed by atoms with E-state index in [1.807, 2.05) is 52.0 Å². The average Bonchev–Trinajstić information content (AvgIpc) is 4.02. The molecule has 4 heterocycles. The topological polar surface area (TPSA) is 198 Å². The molecule has 0 unspecified atom stereocenters. The number of nitrogens with zero attached hydrogens (tertiary/aromatic N) is 6. The maximum atomic E-state index is 14.0. The number of aryl methyl sites for hydroxylation is 1. The van der Waals surface area contributed by atoms with E-state index in [0.29, 0.717) is 50.2 Å². The molecule has 3 fully saturated rings. The van der Waals surface area contributed by atoms with Crippen molar-refractivity contribution in [3.8, 4) is 16.5 Å². The number of amides is 5. The quantitative estimate of drug-likeness (QED) is 0.0789. The molecule has 1 aromatic heterocycles. The van der Waals surface area contributed by atoms with Crippen molar-refractivity contribution in [2.75, 3.05) is 49.3 Å². The van der Waals surface area contributed by atoms with Crippen LogP contribution in [-0.2, 0) is 41.4 Å². The van der Waals surface area contributed by atoms with Crippen LogP contribution in [-0.4, -0.2) is 124 Å². The van der Waals surface area contributed by atoms with Gasteiger partial charge in [-0.3, -0.25) is 28.9 Å². The summed E-state index contributed by atoms with van der Waals surface area (Å²) in [6.07, 6.45) is -4.09. The Morgan fingerprint density at radius 3 is 2.29 bits per heavy atom. The Labute approximate surface area is 431 Å². The van der Waals surface area contributed by atoms with Gasteiger partial charge in [-0.1, -0.05) is 45.0 Å². The molecule has 0 bridgehead atoms. The molecule has 0 radical (unpaired) electrons. The lowest BCUT2D eigenvalue weighted by atomic mass is 9.85. The van der Waals surface area contributed by atoms with Gasteiger partial charge >= 0.3 is 6.18 Å². The molecule has 3 N–H and O–H groups in total. The molecule has 388 valence electrons. The Kier molecular flexibility index (Phi) is 16.7. The number of β-amino-alcohol motifs (C(OH)–C–C–N with tert-alkyl or cyclic N) is 1. The second kappa shape index (κ2) is 22.4. The van der Waals surface area contributed by atoms with Crippen molar-refractivity contribution in [1.82, 2.24) is 25.4 Å². The minimum Gasteiger partial charge on any atom is -0.391 e. The zero-order valence-corrected chi connectivity index (χ0v) is 43.1. The van der Waals surface area contributed by atoms with E-state index in [1.165, 1.54) is 21.9 Å². The molecule has 5 amide bonds. The highest BCUT2D eigenvalue weighted by Crippen LogP contribution is 2.40. The van der Waals surface area contributed by atoms with Gasteiger partial charge in [0.05, 0.1) is 51.2 Å². The standard InChI is InChI=1S/C52H59F3N8O8S2/c1-31-43(73-30-58-31)33-10-8-32(9-11-33)27-57-45(66)41-25-38(64)28-61(41)47(68)44(50(2,3)4)59-42(65)29-70-22-7-23-71-39-18-20-60(21-19-39)46(67)34-12-15-36(16-13-34)63-49(72)62(48(69)51(63,5)6)37-17-14-35(26-56)40(24-37)52(53,54)55/h8-17,24,30,38-39,41,44,64H,7,18-23,25,27-29H2,1-6H3,(H,57,66)(H,59,65)/t38-,41+,44-/m1/s1. The van der Waals surface area contributed by atoms with Crippen LogP contribution in [0.3, 0.4) is 0 Å². The first kappa shape index (κ1) is 54.5. The fourth-order valence-corrected chi connectivity index (χ4v) is 10.5. The van der Waals surface area contributed by atoms with E-state index < -0.39 is 70.1 Å². The maximum Gasteiger partial charge on any atom is 0.417 e. The van der Waals surface area contributed by atoms with Crippen molar-refractivity contribution < 1.29 is 51.7 Å². The van der Waals surface area contributed by atoms with E-state index in [9.17, 15) is 47.5 Å². The number of ether oxygens (including phenoxy) is 2. The number of aliphatic hydroxyl groups excluding tert-OH is 1. The van der Waals surface area contributed by atoms with Crippen molar-refractivity contribution in [2.45, 2.75) is 110 Å². The van der Waals surface area contributed by atoms with Gasteiger partial charge in [-0.05, 0) is 111 Å². The number of nitriles is 1. The van der Waals surface area contributed by atoms with Crippen molar-refractivity contribution in [3.63, 3.8) is 0 Å². The number of hydrogen-bond acceptors (Lipinski definition) is 12. The number of aliphatic hydroxyl groups is 1. The molecule has 16 nitrogen and oxygen atoms in total. The molecule has 3 aliphatic heterocycles. The van der Waals surface area contributed by atoms with Gasteiger partial charge in [0, 0.05) is 57.1 Å². The summed E-state index contributed by atoms with van der Waals surface area (Å²) in [6, 6.07) is 16.9. The SMILES string of the molecule is Cc1ncsc1-c1ccc(CNC(=O)[C@@H]2C[C@@H](O)CN2C(=O)[C@@H](NC(=O)COCCCOC2CCN(C(=O)c3ccc(N4C(=S)N(c5ccc(C#N)c(C(F)(F)F)c5)C(=O)C4(C)C)cc3)CC2)C(C)(C)C)cc1. The lowest BCUT2D eigenvalue weighted by Gasteiger charge is -2.35. The fraction of sp³-hybridized carbons (Fsp3) is 0.462. The third-order valence-corrected chi connectivity index (χ3v) is 14.5. The largest absolute Gasteiger partial charge is 0.417 e. The van der Waals surface area contributed by atoms with Gasteiger partial charge in [0.1, 0.15) is 24.2 Å². The normalized spacial score (nSPS) is 18.8. The van der Waals surface area contributed by atoms with Crippen molar-refractivity contribution in [1.29, 1.82) is 5.26 Å². The minimum atomic E-state index is -4.83. The molecule has 0 aliphatic carbocycles. The van der Waals surface area contributed by atoms with Gasteiger partial charge in [-0.25, -0.2) is 4.98 Å². The number of hydrogen-bond donors (Lipinski definition) is 3. The second-order valence-corrected chi connectivity index (χ2v) is 21.1. The van der Waals surface area contributed by atoms with Crippen molar-refractivity contribution >= 4 is 69.6 Å². The van der Waals surface area contributed by atoms with Crippen LogP contribution in [0.2, 0.25) is 0 Å². The third kappa shape index (κ3) is 12.4. The number of piperidine rings is 1. The van der Waals surface area contributed by atoms with Crippen LogP contribution in [0.4, 0.5) is 24.5 Å². The summed E-state index contributed by atoms with van der Waals surface area (Å²) in [7, 11) is 0. The number of thiocarbonyl (C=S) groups is 1. The highest BCUT2D eigenvalue weighted by atomic mass is 32.1.